The van der Waals surface area contributed by atoms with Crippen molar-refractivity contribution in [3.8, 4) is 5.75 Å². The second-order valence-corrected chi connectivity index (χ2v) is 4.79. The van der Waals surface area contributed by atoms with Crippen molar-refractivity contribution in [3.63, 3.8) is 0 Å². The normalized spacial score (nSPS) is 18.1. The summed E-state index contributed by atoms with van der Waals surface area (Å²) in [5.41, 5.74) is -0.0537. The third-order valence-electron chi connectivity index (χ3n) is 3.58. The summed E-state index contributed by atoms with van der Waals surface area (Å²) in [5.74, 6) is -1.07. The Morgan fingerprint density at radius 2 is 2.15 bits per heavy atom. The number of aromatic nitrogens is 1. The first-order valence-electron chi connectivity index (χ1n) is 6.67. The maximum atomic E-state index is 12.5. The Morgan fingerprint density at radius 3 is 2.75 bits per heavy atom. The zero-order valence-electron chi connectivity index (χ0n) is 11.6. The first kappa shape index (κ1) is 14.3. The Hall–Kier alpha value is -2.11. The molecule has 0 spiro atoms. The number of carboxylic acid groups (broad SMARTS) is 1. The highest BCUT2D eigenvalue weighted by atomic mass is 16.5. The van der Waals surface area contributed by atoms with Crippen LogP contribution in [-0.4, -0.2) is 46.6 Å². The molecule has 108 valence electrons. The smallest absolute Gasteiger partial charge is 0.354 e. The maximum absolute atomic E-state index is 12.5. The zero-order chi connectivity index (χ0) is 14.7. The number of nitrogens with zero attached hydrogens (tertiary/aromatic N) is 2. The second kappa shape index (κ2) is 5.90. The zero-order valence-corrected chi connectivity index (χ0v) is 11.6. The Kier molecular flexibility index (Phi) is 4.22. The molecule has 2 rings (SSSR count). The lowest BCUT2D eigenvalue weighted by Crippen LogP contribution is -2.35. The van der Waals surface area contributed by atoms with Crippen LogP contribution in [-0.2, 0) is 0 Å². The lowest BCUT2D eigenvalue weighted by Gasteiger charge is -2.23. The van der Waals surface area contributed by atoms with Gasteiger partial charge in [-0.05, 0) is 19.3 Å². The van der Waals surface area contributed by atoms with Crippen LogP contribution in [0.3, 0.4) is 0 Å². The molecule has 1 fully saturated rings. The van der Waals surface area contributed by atoms with Crippen molar-refractivity contribution in [2.45, 2.75) is 32.2 Å². The van der Waals surface area contributed by atoms with Crippen LogP contribution < -0.4 is 4.74 Å². The van der Waals surface area contributed by atoms with E-state index in [0.717, 1.165) is 19.3 Å². The Labute approximate surface area is 117 Å². The van der Waals surface area contributed by atoms with Gasteiger partial charge in [0.05, 0.1) is 7.11 Å². The fourth-order valence-corrected chi connectivity index (χ4v) is 2.52. The molecule has 1 aromatic rings. The largest absolute Gasteiger partial charge is 0.497 e. The average Bonchev–Trinajstić information content (AvgIpc) is 2.94. The highest BCUT2D eigenvalue weighted by molar-refractivity contribution is 5.95. The van der Waals surface area contributed by atoms with Gasteiger partial charge in [-0.1, -0.05) is 6.92 Å². The monoisotopic (exact) mass is 278 g/mol. The highest BCUT2D eigenvalue weighted by Gasteiger charge is 2.29. The molecule has 1 amide bonds. The standard InChI is InChI=1S/C14H18N2O4/c1-3-9-5-4-6-16(9)13(17)11-7-10(20-2)8-12(15-11)14(18)19/h7-9H,3-6H2,1-2H3,(H,18,19)/t9-/m0/s1. The summed E-state index contributed by atoms with van der Waals surface area (Å²) < 4.78 is 5.04. The number of amides is 1. The van der Waals surface area contributed by atoms with Crippen LogP contribution in [0.1, 0.15) is 47.2 Å². The SMILES string of the molecule is CC[C@H]1CCCN1C(=O)c1cc(OC)cc(C(=O)O)n1. The minimum atomic E-state index is -1.17. The van der Waals surface area contributed by atoms with E-state index >= 15 is 0 Å². The quantitative estimate of drug-likeness (QED) is 0.908. The molecule has 6 heteroatoms. The molecule has 1 aliphatic heterocycles. The van der Waals surface area contributed by atoms with Gasteiger partial charge >= 0.3 is 5.97 Å². The van der Waals surface area contributed by atoms with Crippen LogP contribution >= 0.6 is 0 Å². The summed E-state index contributed by atoms with van der Waals surface area (Å²) in [7, 11) is 1.43. The lowest BCUT2D eigenvalue weighted by molar-refractivity contribution is 0.0688. The minimum Gasteiger partial charge on any atom is -0.497 e. The number of ether oxygens (including phenoxy) is 1. The van der Waals surface area contributed by atoms with Crippen LogP contribution in [0.25, 0.3) is 0 Å². The molecule has 0 aromatic carbocycles. The number of hydrogen-bond acceptors (Lipinski definition) is 4. The van der Waals surface area contributed by atoms with Crippen LogP contribution in [0.4, 0.5) is 0 Å². The predicted molar refractivity (Wildman–Crippen MR) is 72.1 cm³/mol. The van der Waals surface area contributed by atoms with Gasteiger partial charge in [0.25, 0.3) is 5.91 Å². The van der Waals surface area contributed by atoms with Gasteiger partial charge in [-0.25, -0.2) is 9.78 Å². The van der Waals surface area contributed by atoms with Crippen LogP contribution in [0.15, 0.2) is 12.1 Å². The topological polar surface area (TPSA) is 79.7 Å². The predicted octanol–water partition coefficient (Wildman–Crippen LogP) is 1.80. The van der Waals surface area contributed by atoms with Crippen molar-refractivity contribution >= 4 is 11.9 Å². The van der Waals surface area contributed by atoms with Crippen LogP contribution in [0, 0.1) is 0 Å². The summed E-state index contributed by atoms with van der Waals surface area (Å²) in [5, 5.41) is 9.03. The van der Waals surface area contributed by atoms with Gasteiger partial charge in [0.15, 0.2) is 5.69 Å². The summed E-state index contributed by atoms with van der Waals surface area (Å²) >= 11 is 0. The maximum Gasteiger partial charge on any atom is 0.354 e. The van der Waals surface area contributed by atoms with Crippen molar-refractivity contribution in [1.82, 2.24) is 9.88 Å². The summed E-state index contributed by atoms with van der Waals surface area (Å²) in [6, 6.07) is 3.00. The number of carboxylic acids is 1. The lowest BCUT2D eigenvalue weighted by atomic mass is 10.1. The highest BCUT2D eigenvalue weighted by Crippen LogP contribution is 2.23. The molecule has 1 aliphatic rings. The molecule has 0 unspecified atom stereocenters. The fourth-order valence-electron chi connectivity index (χ4n) is 2.52. The van der Waals surface area contributed by atoms with Crippen molar-refractivity contribution in [1.29, 1.82) is 0 Å². The van der Waals surface area contributed by atoms with E-state index in [0.29, 0.717) is 12.3 Å². The van der Waals surface area contributed by atoms with E-state index in [1.165, 1.54) is 19.2 Å². The Bertz CT molecular complexity index is 530. The van der Waals surface area contributed by atoms with E-state index < -0.39 is 5.97 Å². The molecular formula is C14H18N2O4. The molecule has 1 atom stereocenters. The number of pyridine rings is 1. The third kappa shape index (κ3) is 2.74. The van der Waals surface area contributed by atoms with Gasteiger partial charge in [0.1, 0.15) is 11.4 Å². The van der Waals surface area contributed by atoms with E-state index in [1.54, 1.807) is 4.90 Å². The van der Waals surface area contributed by atoms with Gasteiger partial charge in [0.2, 0.25) is 0 Å². The molecular weight excluding hydrogens is 260 g/mol. The second-order valence-electron chi connectivity index (χ2n) is 4.79. The van der Waals surface area contributed by atoms with E-state index in [9.17, 15) is 9.59 Å². The van der Waals surface area contributed by atoms with Gasteiger partial charge in [0, 0.05) is 24.7 Å². The molecule has 1 aromatic heterocycles. The van der Waals surface area contributed by atoms with Crippen molar-refractivity contribution in [2.24, 2.45) is 0 Å². The minimum absolute atomic E-state index is 0.127. The Balaban J connectivity index is 2.33. The summed E-state index contributed by atoms with van der Waals surface area (Å²) in [4.78, 5) is 29.2. The summed E-state index contributed by atoms with van der Waals surface area (Å²) in [6.45, 7) is 2.73. The number of likely N-dealkylation sites (tertiary alicyclic amines) is 1. The fraction of sp³-hybridized carbons (Fsp3) is 0.500. The number of carbonyl (C=O) groups is 2. The van der Waals surface area contributed by atoms with Crippen LogP contribution in [0.5, 0.6) is 5.75 Å². The van der Waals surface area contributed by atoms with Crippen molar-refractivity contribution in [2.75, 3.05) is 13.7 Å². The van der Waals surface area contributed by atoms with Crippen molar-refractivity contribution < 1.29 is 19.4 Å². The molecule has 2 heterocycles. The van der Waals surface area contributed by atoms with Gasteiger partial charge in [-0.15, -0.1) is 0 Å². The van der Waals surface area contributed by atoms with Crippen LogP contribution in [0.2, 0.25) is 0 Å². The van der Waals surface area contributed by atoms with Gasteiger partial charge in [-0.3, -0.25) is 4.79 Å². The number of hydrogen-bond donors (Lipinski definition) is 1. The molecule has 0 aliphatic carbocycles. The number of rotatable bonds is 4. The van der Waals surface area contributed by atoms with Gasteiger partial charge in [-0.2, -0.15) is 0 Å². The molecule has 0 saturated carbocycles. The number of aromatic carboxylic acids is 1. The molecule has 6 nitrogen and oxygen atoms in total. The van der Waals surface area contributed by atoms with E-state index in [-0.39, 0.29) is 23.3 Å². The third-order valence-corrected chi connectivity index (χ3v) is 3.58. The van der Waals surface area contributed by atoms with E-state index in [1.807, 2.05) is 6.92 Å². The first-order chi connectivity index (χ1) is 9.56. The molecule has 0 bridgehead atoms. The summed E-state index contributed by atoms with van der Waals surface area (Å²) in [6.07, 6.45) is 2.85. The molecule has 0 radical (unpaired) electrons. The molecule has 1 saturated heterocycles. The van der Waals surface area contributed by atoms with E-state index in [2.05, 4.69) is 4.98 Å². The van der Waals surface area contributed by atoms with Gasteiger partial charge < -0.3 is 14.7 Å². The number of methoxy groups -OCH3 is 1. The number of carbonyl (C=O) groups excluding carboxylic acids is 1. The first-order valence-corrected chi connectivity index (χ1v) is 6.67. The average molecular weight is 278 g/mol. The molecule has 1 N–H and O–H groups in total. The van der Waals surface area contributed by atoms with E-state index in [4.69, 9.17) is 9.84 Å². The molecule has 20 heavy (non-hydrogen) atoms. The Morgan fingerprint density at radius 1 is 1.45 bits per heavy atom. The van der Waals surface area contributed by atoms with Crippen molar-refractivity contribution in [3.05, 3.63) is 23.5 Å².